The standard InChI is InChI=1S/C14H25N3O/c1-3-8-16-13(14-10-15-11-17(14)2)7-6-12-5-4-9-18-12/h10-13,16H,3-9H2,1-2H3. The molecule has 1 aliphatic heterocycles. The summed E-state index contributed by atoms with van der Waals surface area (Å²) < 4.78 is 7.82. The van der Waals surface area contributed by atoms with Crippen molar-refractivity contribution in [1.29, 1.82) is 0 Å². The van der Waals surface area contributed by atoms with Gasteiger partial charge in [-0.1, -0.05) is 6.92 Å². The van der Waals surface area contributed by atoms with Crippen LogP contribution >= 0.6 is 0 Å². The van der Waals surface area contributed by atoms with E-state index in [1.165, 1.54) is 18.5 Å². The highest BCUT2D eigenvalue weighted by atomic mass is 16.5. The zero-order valence-corrected chi connectivity index (χ0v) is 11.6. The summed E-state index contributed by atoms with van der Waals surface area (Å²) in [6.07, 6.45) is 10.2. The van der Waals surface area contributed by atoms with Crippen LogP contribution < -0.4 is 5.32 Å². The van der Waals surface area contributed by atoms with Crippen LogP contribution in [0.3, 0.4) is 0 Å². The van der Waals surface area contributed by atoms with Crippen LogP contribution in [-0.2, 0) is 11.8 Å². The van der Waals surface area contributed by atoms with E-state index in [1.807, 2.05) is 12.5 Å². The Morgan fingerprint density at radius 3 is 3.11 bits per heavy atom. The first kappa shape index (κ1) is 13.6. The van der Waals surface area contributed by atoms with Crippen LogP contribution in [0.2, 0.25) is 0 Å². The van der Waals surface area contributed by atoms with Crippen LogP contribution in [-0.4, -0.2) is 28.8 Å². The van der Waals surface area contributed by atoms with E-state index in [9.17, 15) is 0 Å². The molecular formula is C14H25N3O. The number of rotatable bonds is 7. The van der Waals surface area contributed by atoms with Crippen molar-refractivity contribution in [3.8, 4) is 0 Å². The summed E-state index contributed by atoms with van der Waals surface area (Å²) in [5.74, 6) is 0. The minimum absolute atomic E-state index is 0.404. The second-order valence-corrected chi connectivity index (χ2v) is 5.15. The van der Waals surface area contributed by atoms with Gasteiger partial charge in [-0.2, -0.15) is 0 Å². The maximum absolute atomic E-state index is 5.71. The largest absolute Gasteiger partial charge is 0.378 e. The van der Waals surface area contributed by atoms with E-state index < -0.39 is 0 Å². The van der Waals surface area contributed by atoms with Gasteiger partial charge in [0.05, 0.1) is 18.1 Å². The highest BCUT2D eigenvalue weighted by Crippen LogP contribution is 2.23. The summed E-state index contributed by atoms with van der Waals surface area (Å²) >= 11 is 0. The lowest BCUT2D eigenvalue weighted by Crippen LogP contribution is -2.25. The van der Waals surface area contributed by atoms with Crippen LogP contribution in [0.5, 0.6) is 0 Å². The van der Waals surface area contributed by atoms with E-state index in [1.54, 1.807) is 0 Å². The zero-order valence-electron chi connectivity index (χ0n) is 11.6. The van der Waals surface area contributed by atoms with Crippen molar-refractivity contribution >= 4 is 0 Å². The molecule has 0 aromatic carbocycles. The molecule has 0 radical (unpaired) electrons. The van der Waals surface area contributed by atoms with Crippen LogP contribution in [0.4, 0.5) is 0 Å². The third-order valence-corrected chi connectivity index (χ3v) is 3.65. The first-order valence-electron chi connectivity index (χ1n) is 7.12. The van der Waals surface area contributed by atoms with Crippen molar-refractivity contribution in [2.75, 3.05) is 13.2 Å². The second-order valence-electron chi connectivity index (χ2n) is 5.15. The van der Waals surface area contributed by atoms with Crippen LogP contribution in [0, 0.1) is 0 Å². The maximum Gasteiger partial charge on any atom is 0.0946 e. The molecule has 18 heavy (non-hydrogen) atoms. The minimum atomic E-state index is 0.404. The molecule has 0 spiro atoms. The van der Waals surface area contributed by atoms with Gasteiger partial charge in [-0.25, -0.2) is 4.98 Å². The van der Waals surface area contributed by atoms with Gasteiger partial charge in [-0.05, 0) is 38.6 Å². The molecule has 1 aromatic rings. The van der Waals surface area contributed by atoms with Crippen molar-refractivity contribution in [3.05, 3.63) is 18.2 Å². The number of ether oxygens (including phenoxy) is 1. The Bertz CT molecular complexity index is 345. The molecule has 0 aliphatic carbocycles. The lowest BCUT2D eigenvalue weighted by Gasteiger charge is -2.20. The van der Waals surface area contributed by atoms with Crippen molar-refractivity contribution < 1.29 is 4.74 Å². The number of nitrogens with one attached hydrogen (secondary N) is 1. The molecule has 0 saturated carbocycles. The van der Waals surface area contributed by atoms with Gasteiger partial charge in [0, 0.05) is 25.9 Å². The Morgan fingerprint density at radius 1 is 1.61 bits per heavy atom. The zero-order chi connectivity index (χ0) is 12.8. The molecule has 1 fully saturated rings. The summed E-state index contributed by atoms with van der Waals surface area (Å²) in [6, 6.07) is 0.404. The average Bonchev–Trinajstić information content (AvgIpc) is 3.01. The molecule has 2 heterocycles. The molecule has 2 rings (SSSR count). The van der Waals surface area contributed by atoms with Crippen LogP contribution in [0.25, 0.3) is 0 Å². The van der Waals surface area contributed by atoms with Gasteiger partial charge in [-0.15, -0.1) is 0 Å². The maximum atomic E-state index is 5.71. The molecule has 102 valence electrons. The average molecular weight is 251 g/mol. The molecule has 1 aliphatic rings. The van der Waals surface area contributed by atoms with Gasteiger partial charge >= 0.3 is 0 Å². The van der Waals surface area contributed by atoms with Gasteiger partial charge in [0.1, 0.15) is 0 Å². The Labute approximate surface area is 110 Å². The summed E-state index contributed by atoms with van der Waals surface area (Å²) in [7, 11) is 2.06. The summed E-state index contributed by atoms with van der Waals surface area (Å²) in [4.78, 5) is 4.22. The van der Waals surface area contributed by atoms with E-state index >= 15 is 0 Å². The van der Waals surface area contributed by atoms with E-state index in [2.05, 4.69) is 28.8 Å². The van der Waals surface area contributed by atoms with Gasteiger partial charge in [0.25, 0.3) is 0 Å². The monoisotopic (exact) mass is 251 g/mol. The van der Waals surface area contributed by atoms with Gasteiger partial charge < -0.3 is 14.6 Å². The van der Waals surface area contributed by atoms with Crippen LogP contribution in [0.1, 0.15) is 50.8 Å². The molecule has 2 atom stereocenters. The molecule has 1 N–H and O–H groups in total. The molecule has 1 saturated heterocycles. The summed E-state index contributed by atoms with van der Waals surface area (Å²) in [5, 5.41) is 3.62. The molecular weight excluding hydrogens is 226 g/mol. The van der Waals surface area contributed by atoms with Gasteiger partial charge in [-0.3, -0.25) is 0 Å². The van der Waals surface area contributed by atoms with Crippen LogP contribution in [0.15, 0.2) is 12.5 Å². The van der Waals surface area contributed by atoms with E-state index in [0.717, 1.165) is 32.4 Å². The quantitative estimate of drug-likeness (QED) is 0.809. The lowest BCUT2D eigenvalue weighted by atomic mass is 10.0. The minimum Gasteiger partial charge on any atom is -0.378 e. The number of aromatic nitrogens is 2. The molecule has 2 unspecified atom stereocenters. The highest BCUT2D eigenvalue weighted by molar-refractivity contribution is 5.04. The number of aryl methyl sites for hydroxylation is 1. The predicted molar refractivity (Wildman–Crippen MR) is 72.5 cm³/mol. The first-order chi connectivity index (χ1) is 8.81. The van der Waals surface area contributed by atoms with E-state index in [4.69, 9.17) is 4.74 Å². The van der Waals surface area contributed by atoms with Gasteiger partial charge in [0.15, 0.2) is 0 Å². The third-order valence-electron chi connectivity index (χ3n) is 3.65. The number of nitrogens with zero attached hydrogens (tertiary/aromatic N) is 2. The fraction of sp³-hybridized carbons (Fsp3) is 0.786. The Hall–Kier alpha value is -0.870. The smallest absolute Gasteiger partial charge is 0.0946 e. The van der Waals surface area contributed by atoms with E-state index in [0.29, 0.717) is 12.1 Å². The molecule has 0 amide bonds. The Morgan fingerprint density at radius 2 is 2.50 bits per heavy atom. The first-order valence-corrected chi connectivity index (χ1v) is 7.12. The molecule has 4 nitrogen and oxygen atoms in total. The lowest BCUT2D eigenvalue weighted by molar-refractivity contribution is 0.0993. The van der Waals surface area contributed by atoms with Crippen molar-refractivity contribution in [1.82, 2.24) is 14.9 Å². The topological polar surface area (TPSA) is 39.1 Å². The summed E-state index contributed by atoms with van der Waals surface area (Å²) in [5.41, 5.74) is 1.28. The predicted octanol–water partition coefficient (Wildman–Crippen LogP) is 2.42. The molecule has 1 aromatic heterocycles. The van der Waals surface area contributed by atoms with Gasteiger partial charge in [0.2, 0.25) is 0 Å². The second kappa shape index (κ2) is 6.90. The molecule has 0 bridgehead atoms. The number of hydrogen-bond donors (Lipinski definition) is 1. The Kier molecular flexibility index (Phi) is 5.20. The van der Waals surface area contributed by atoms with Crippen molar-refractivity contribution in [3.63, 3.8) is 0 Å². The third kappa shape index (κ3) is 3.56. The fourth-order valence-corrected chi connectivity index (χ4v) is 2.60. The SMILES string of the molecule is CCCNC(CCC1CCCO1)c1cncn1C. The van der Waals surface area contributed by atoms with Crippen molar-refractivity contribution in [2.24, 2.45) is 7.05 Å². The number of imidazole rings is 1. The molecule has 4 heteroatoms. The van der Waals surface area contributed by atoms with Crippen molar-refractivity contribution in [2.45, 2.75) is 51.2 Å². The van der Waals surface area contributed by atoms with E-state index in [-0.39, 0.29) is 0 Å². The fourth-order valence-electron chi connectivity index (χ4n) is 2.60. The highest BCUT2D eigenvalue weighted by Gasteiger charge is 2.19. The Balaban J connectivity index is 1.90. The number of hydrogen-bond acceptors (Lipinski definition) is 3. The normalized spacial score (nSPS) is 21.3. The summed E-state index contributed by atoms with van der Waals surface area (Å²) in [6.45, 7) is 4.21.